The van der Waals surface area contributed by atoms with Crippen molar-refractivity contribution in [3.05, 3.63) is 23.8 Å². The normalized spacial score (nSPS) is 11.0. The number of anilines is 1. The molecule has 21 heavy (non-hydrogen) atoms. The second-order valence-corrected chi connectivity index (χ2v) is 5.96. The van der Waals surface area contributed by atoms with Crippen LogP contribution in [0.5, 0.6) is 5.75 Å². The third kappa shape index (κ3) is 5.96. The van der Waals surface area contributed by atoms with Gasteiger partial charge in [-0.3, -0.25) is 0 Å². The highest BCUT2D eigenvalue weighted by Gasteiger charge is 2.11. The molecule has 0 aromatic heterocycles. The van der Waals surface area contributed by atoms with Crippen molar-refractivity contribution in [2.75, 3.05) is 31.6 Å². The van der Waals surface area contributed by atoms with E-state index in [9.17, 15) is 0 Å². The van der Waals surface area contributed by atoms with E-state index in [-0.39, 0.29) is 0 Å². The van der Waals surface area contributed by atoms with Crippen LogP contribution < -0.4 is 15.0 Å². The summed E-state index contributed by atoms with van der Waals surface area (Å²) in [6, 6.07) is 6.57. The predicted octanol–water partition coefficient (Wildman–Crippen LogP) is 4.07. The van der Waals surface area contributed by atoms with Gasteiger partial charge in [0, 0.05) is 19.6 Å². The highest BCUT2D eigenvalue weighted by Crippen LogP contribution is 2.29. The van der Waals surface area contributed by atoms with Crippen molar-refractivity contribution in [3.8, 4) is 5.75 Å². The van der Waals surface area contributed by atoms with Crippen LogP contribution in [0.15, 0.2) is 18.2 Å². The largest absolute Gasteiger partial charge is 0.495 e. The zero-order valence-corrected chi connectivity index (χ0v) is 14.4. The molecule has 0 saturated carbocycles. The van der Waals surface area contributed by atoms with Crippen LogP contribution in [0.3, 0.4) is 0 Å². The van der Waals surface area contributed by atoms with E-state index in [1.165, 1.54) is 24.1 Å². The van der Waals surface area contributed by atoms with E-state index in [0.717, 1.165) is 31.9 Å². The molecule has 0 aliphatic rings. The molecular weight excluding hydrogens is 260 g/mol. The molecule has 1 rings (SSSR count). The molecule has 1 aromatic carbocycles. The Bertz CT molecular complexity index is 404. The Kier molecular flexibility index (Phi) is 8.21. The van der Waals surface area contributed by atoms with Gasteiger partial charge in [0.05, 0.1) is 12.8 Å². The summed E-state index contributed by atoms with van der Waals surface area (Å²) in [6.45, 7) is 12.9. The number of nitrogens with zero attached hydrogens (tertiary/aromatic N) is 1. The minimum Gasteiger partial charge on any atom is -0.495 e. The summed E-state index contributed by atoms with van der Waals surface area (Å²) in [5, 5.41) is 3.48. The average molecular weight is 292 g/mol. The van der Waals surface area contributed by atoms with E-state index in [4.69, 9.17) is 4.74 Å². The Hall–Kier alpha value is -1.22. The molecule has 3 heteroatoms. The molecule has 0 atom stereocenters. The minimum absolute atomic E-state index is 0.677. The lowest BCUT2D eigenvalue weighted by Gasteiger charge is -2.25. The fourth-order valence-electron chi connectivity index (χ4n) is 2.40. The summed E-state index contributed by atoms with van der Waals surface area (Å²) in [6.07, 6.45) is 2.44. The first-order chi connectivity index (χ1) is 10.1. The Labute approximate surface area is 130 Å². The van der Waals surface area contributed by atoms with Gasteiger partial charge in [-0.25, -0.2) is 0 Å². The minimum atomic E-state index is 0.677. The number of methoxy groups -OCH3 is 1. The third-order valence-electron chi connectivity index (χ3n) is 3.63. The number of nitrogens with one attached hydrogen (secondary N) is 1. The highest BCUT2D eigenvalue weighted by atomic mass is 16.5. The van der Waals surface area contributed by atoms with E-state index in [0.29, 0.717) is 5.92 Å². The van der Waals surface area contributed by atoms with Crippen molar-refractivity contribution in [2.24, 2.45) is 5.92 Å². The summed E-state index contributed by atoms with van der Waals surface area (Å²) in [5.74, 6) is 1.66. The van der Waals surface area contributed by atoms with E-state index in [1.807, 2.05) is 0 Å². The van der Waals surface area contributed by atoms with Gasteiger partial charge < -0.3 is 15.0 Å². The smallest absolute Gasteiger partial charge is 0.142 e. The molecule has 0 aliphatic carbocycles. The molecule has 0 saturated heterocycles. The van der Waals surface area contributed by atoms with Gasteiger partial charge in [0.25, 0.3) is 0 Å². The fraction of sp³-hybridized carbons (Fsp3) is 0.667. The predicted molar refractivity (Wildman–Crippen MR) is 92.3 cm³/mol. The molecule has 0 fully saturated rings. The lowest BCUT2D eigenvalue weighted by Crippen LogP contribution is -2.24. The molecule has 0 bridgehead atoms. The van der Waals surface area contributed by atoms with Crippen molar-refractivity contribution in [2.45, 2.75) is 47.1 Å². The van der Waals surface area contributed by atoms with E-state index < -0.39 is 0 Å². The number of unbranched alkanes of at least 4 members (excludes halogenated alkanes) is 1. The molecule has 1 aromatic rings. The van der Waals surface area contributed by atoms with Gasteiger partial charge in [-0.15, -0.1) is 0 Å². The molecule has 1 N–H and O–H groups in total. The van der Waals surface area contributed by atoms with Gasteiger partial charge in [-0.2, -0.15) is 0 Å². The van der Waals surface area contributed by atoms with Gasteiger partial charge in [0.2, 0.25) is 0 Å². The summed E-state index contributed by atoms with van der Waals surface area (Å²) < 4.78 is 5.61. The zero-order chi connectivity index (χ0) is 15.7. The first kappa shape index (κ1) is 17.8. The van der Waals surface area contributed by atoms with Crippen LogP contribution in [0.25, 0.3) is 0 Å². The average Bonchev–Trinajstić information content (AvgIpc) is 2.48. The Morgan fingerprint density at radius 1 is 1.24 bits per heavy atom. The van der Waals surface area contributed by atoms with Gasteiger partial charge >= 0.3 is 0 Å². The van der Waals surface area contributed by atoms with Gasteiger partial charge in [0.15, 0.2) is 0 Å². The van der Waals surface area contributed by atoms with E-state index >= 15 is 0 Å². The maximum Gasteiger partial charge on any atom is 0.142 e. The van der Waals surface area contributed by atoms with Crippen LogP contribution in [0.2, 0.25) is 0 Å². The van der Waals surface area contributed by atoms with Crippen LogP contribution in [0.4, 0.5) is 5.69 Å². The van der Waals surface area contributed by atoms with Crippen molar-refractivity contribution in [1.29, 1.82) is 0 Å². The van der Waals surface area contributed by atoms with Crippen molar-refractivity contribution in [3.63, 3.8) is 0 Å². The summed E-state index contributed by atoms with van der Waals surface area (Å²) in [4.78, 5) is 2.40. The Morgan fingerprint density at radius 3 is 2.57 bits per heavy atom. The van der Waals surface area contributed by atoms with Gasteiger partial charge in [-0.1, -0.05) is 33.3 Å². The van der Waals surface area contributed by atoms with Crippen LogP contribution in [0, 0.1) is 5.92 Å². The van der Waals surface area contributed by atoms with Crippen LogP contribution in [-0.4, -0.2) is 26.7 Å². The number of benzene rings is 1. The maximum atomic E-state index is 5.61. The molecule has 0 heterocycles. The zero-order valence-electron chi connectivity index (χ0n) is 14.4. The number of hydrogen-bond donors (Lipinski definition) is 1. The maximum absolute atomic E-state index is 5.61. The second kappa shape index (κ2) is 9.67. The van der Waals surface area contributed by atoms with E-state index in [2.05, 4.69) is 56.1 Å². The standard InChI is InChI=1S/C18H32N2O/c1-6-8-11-20(7-2)17-10-9-16(12-18(17)21-5)14-19-13-15(3)4/h9-10,12,15,19H,6-8,11,13-14H2,1-5H3. The third-order valence-corrected chi connectivity index (χ3v) is 3.63. The lowest BCUT2D eigenvalue weighted by atomic mass is 10.1. The van der Waals surface area contributed by atoms with Crippen LogP contribution in [0.1, 0.15) is 46.1 Å². The topological polar surface area (TPSA) is 24.5 Å². The molecule has 0 radical (unpaired) electrons. The molecule has 0 spiro atoms. The molecular formula is C18H32N2O. The Morgan fingerprint density at radius 2 is 2.00 bits per heavy atom. The summed E-state index contributed by atoms with van der Waals surface area (Å²) >= 11 is 0. The summed E-state index contributed by atoms with van der Waals surface area (Å²) in [5.41, 5.74) is 2.49. The lowest BCUT2D eigenvalue weighted by molar-refractivity contribution is 0.413. The van der Waals surface area contributed by atoms with Crippen LogP contribution >= 0.6 is 0 Å². The number of ether oxygens (including phenoxy) is 1. The highest BCUT2D eigenvalue weighted by molar-refractivity contribution is 5.59. The Balaban J connectivity index is 2.77. The second-order valence-electron chi connectivity index (χ2n) is 5.96. The van der Waals surface area contributed by atoms with Crippen molar-refractivity contribution < 1.29 is 4.74 Å². The summed E-state index contributed by atoms with van der Waals surface area (Å²) in [7, 11) is 1.76. The number of hydrogen-bond acceptors (Lipinski definition) is 3. The van der Waals surface area contributed by atoms with Crippen molar-refractivity contribution in [1.82, 2.24) is 5.32 Å². The SMILES string of the molecule is CCCCN(CC)c1ccc(CNCC(C)C)cc1OC. The fourth-order valence-corrected chi connectivity index (χ4v) is 2.40. The quantitative estimate of drug-likeness (QED) is 0.703. The first-order valence-corrected chi connectivity index (χ1v) is 8.24. The molecule has 120 valence electrons. The molecule has 0 amide bonds. The molecule has 0 aliphatic heterocycles. The van der Waals surface area contributed by atoms with Crippen molar-refractivity contribution >= 4 is 5.69 Å². The number of rotatable bonds is 10. The first-order valence-electron chi connectivity index (χ1n) is 8.24. The van der Waals surface area contributed by atoms with Gasteiger partial charge in [-0.05, 0) is 43.5 Å². The molecule has 3 nitrogen and oxygen atoms in total. The van der Waals surface area contributed by atoms with Crippen LogP contribution in [-0.2, 0) is 6.54 Å². The van der Waals surface area contributed by atoms with Gasteiger partial charge in [0.1, 0.15) is 5.75 Å². The monoisotopic (exact) mass is 292 g/mol. The van der Waals surface area contributed by atoms with E-state index in [1.54, 1.807) is 7.11 Å². The molecule has 0 unspecified atom stereocenters.